The first-order valence-electron chi connectivity index (χ1n) is 13.0. The second-order valence-corrected chi connectivity index (χ2v) is 10.6. The molecule has 0 unspecified atom stereocenters. The molecule has 2 aliphatic heterocycles. The molecule has 0 radical (unpaired) electrons. The summed E-state index contributed by atoms with van der Waals surface area (Å²) in [7, 11) is 1.79. The number of nitrogens with zero attached hydrogens (tertiary/aromatic N) is 2. The fraction of sp³-hybridized carbons (Fsp3) is 0.500. The summed E-state index contributed by atoms with van der Waals surface area (Å²) >= 11 is 6.37. The van der Waals surface area contributed by atoms with E-state index in [0.717, 1.165) is 29.8 Å². The fourth-order valence-electron chi connectivity index (χ4n) is 5.91. The highest BCUT2D eigenvalue weighted by Crippen LogP contribution is 2.32. The maximum Gasteiger partial charge on any atom is 0.257 e. The van der Waals surface area contributed by atoms with Crippen molar-refractivity contribution in [3.8, 4) is 0 Å². The summed E-state index contributed by atoms with van der Waals surface area (Å²) in [5, 5.41) is 7.39. The van der Waals surface area contributed by atoms with Crippen molar-refractivity contribution in [2.45, 2.75) is 69.9 Å². The monoisotopic (exact) mass is 530 g/mol. The molecule has 0 aromatic heterocycles. The molecule has 1 aliphatic carbocycles. The van der Waals surface area contributed by atoms with E-state index in [0.29, 0.717) is 34.8 Å². The number of carbonyl (C=O) groups is 2. The zero-order valence-electron chi connectivity index (χ0n) is 20.9. The predicted molar refractivity (Wildman–Crippen MR) is 150 cm³/mol. The third-order valence-electron chi connectivity index (χ3n) is 7.84. The van der Waals surface area contributed by atoms with Gasteiger partial charge in [-0.15, -0.1) is 12.4 Å². The largest absolute Gasteiger partial charge is 0.380 e. The average molecular weight is 532 g/mol. The molecule has 2 fully saturated rings. The van der Waals surface area contributed by atoms with Crippen LogP contribution >= 0.6 is 24.0 Å². The molecule has 6 nitrogen and oxygen atoms in total. The second-order valence-electron chi connectivity index (χ2n) is 10.1. The van der Waals surface area contributed by atoms with Gasteiger partial charge in [0.25, 0.3) is 5.91 Å². The van der Waals surface area contributed by atoms with Gasteiger partial charge in [0.15, 0.2) is 0 Å². The smallest absolute Gasteiger partial charge is 0.257 e. The number of anilines is 3. The second kappa shape index (κ2) is 11.8. The van der Waals surface area contributed by atoms with Crippen molar-refractivity contribution in [2.75, 3.05) is 35.7 Å². The number of likely N-dealkylation sites (tertiary alicyclic amines) is 1. The Morgan fingerprint density at radius 1 is 0.972 bits per heavy atom. The Bertz CT molecular complexity index is 1100. The molecular weight excluding hydrogens is 495 g/mol. The summed E-state index contributed by atoms with van der Waals surface area (Å²) in [5.74, 6) is -0.0832. The first-order valence-corrected chi connectivity index (χ1v) is 13.4. The van der Waals surface area contributed by atoms with E-state index in [1.807, 2.05) is 24.3 Å². The maximum absolute atomic E-state index is 13.4. The Hall–Kier alpha value is -2.28. The molecule has 194 valence electrons. The van der Waals surface area contributed by atoms with Crippen LogP contribution in [0.25, 0.3) is 0 Å². The van der Waals surface area contributed by atoms with Crippen LogP contribution in [0.5, 0.6) is 0 Å². The topological polar surface area (TPSA) is 64.7 Å². The van der Waals surface area contributed by atoms with Crippen molar-refractivity contribution in [1.82, 2.24) is 4.90 Å². The van der Waals surface area contributed by atoms with Gasteiger partial charge in [0.05, 0.1) is 5.56 Å². The lowest BCUT2D eigenvalue weighted by Gasteiger charge is -2.42. The Morgan fingerprint density at radius 2 is 1.75 bits per heavy atom. The van der Waals surface area contributed by atoms with Crippen LogP contribution in [0.3, 0.4) is 0 Å². The first kappa shape index (κ1) is 26.8. The number of amides is 2. The lowest BCUT2D eigenvalue weighted by atomic mass is 9.87. The van der Waals surface area contributed by atoms with Crippen LogP contribution in [0.4, 0.5) is 17.1 Å². The van der Waals surface area contributed by atoms with Gasteiger partial charge in [0.2, 0.25) is 5.91 Å². The zero-order chi connectivity index (χ0) is 24.4. The standard InChI is InChI=1S/C28H35ClN4O2.ClH/c1-32-26-18-21(12-9-19(26)10-14-27(32)34)30-28(35)22-13-11-20(29)17-24(22)31-23-7-3-4-8-25(23)33-15-5-2-6-16-33;/h9,11-13,17-18,23,25,31H,2-8,10,14-16H2,1H3,(H,30,35);1H/t23-,25-;/m1./s1. The summed E-state index contributed by atoms with van der Waals surface area (Å²) in [6.45, 7) is 2.34. The molecular formula is C28H36Cl2N4O2. The minimum atomic E-state index is -0.181. The molecule has 8 heteroatoms. The van der Waals surface area contributed by atoms with Crippen LogP contribution in [0.1, 0.15) is 67.3 Å². The van der Waals surface area contributed by atoms with Crippen molar-refractivity contribution in [2.24, 2.45) is 0 Å². The number of fused-ring (bicyclic) bond motifs is 1. The van der Waals surface area contributed by atoms with E-state index in [1.165, 1.54) is 51.6 Å². The summed E-state index contributed by atoms with van der Waals surface area (Å²) < 4.78 is 0. The summed E-state index contributed by atoms with van der Waals surface area (Å²) in [5.41, 5.74) is 4.04. The van der Waals surface area contributed by atoms with Crippen molar-refractivity contribution in [3.05, 3.63) is 52.5 Å². The summed E-state index contributed by atoms with van der Waals surface area (Å²) in [4.78, 5) is 29.9. The van der Waals surface area contributed by atoms with E-state index in [4.69, 9.17) is 11.6 Å². The molecule has 2 heterocycles. The van der Waals surface area contributed by atoms with Gasteiger partial charge in [0, 0.05) is 47.6 Å². The van der Waals surface area contributed by atoms with Gasteiger partial charge in [0.1, 0.15) is 0 Å². The predicted octanol–water partition coefficient (Wildman–Crippen LogP) is 6.13. The highest BCUT2D eigenvalue weighted by atomic mass is 35.5. The zero-order valence-corrected chi connectivity index (χ0v) is 22.5. The number of benzene rings is 2. The van der Waals surface area contributed by atoms with Gasteiger partial charge in [-0.1, -0.05) is 36.9 Å². The molecule has 2 aromatic rings. The van der Waals surface area contributed by atoms with Gasteiger partial charge in [-0.05, 0) is 81.1 Å². The molecule has 2 N–H and O–H groups in total. The minimum Gasteiger partial charge on any atom is -0.380 e. The summed E-state index contributed by atoms with van der Waals surface area (Å²) in [6, 6.07) is 12.0. The molecule has 1 saturated heterocycles. The van der Waals surface area contributed by atoms with Gasteiger partial charge in [-0.3, -0.25) is 14.5 Å². The Labute approximate surface area is 225 Å². The van der Waals surface area contributed by atoms with Crippen LogP contribution in [-0.4, -0.2) is 48.9 Å². The number of aryl methyl sites for hydroxylation is 1. The number of rotatable bonds is 5. The van der Waals surface area contributed by atoms with Crippen molar-refractivity contribution >= 4 is 52.9 Å². The van der Waals surface area contributed by atoms with Crippen molar-refractivity contribution in [3.63, 3.8) is 0 Å². The van der Waals surface area contributed by atoms with E-state index in [-0.39, 0.29) is 24.2 Å². The van der Waals surface area contributed by atoms with Gasteiger partial charge in [-0.2, -0.15) is 0 Å². The average Bonchev–Trinajstić information content (AvgIpc) is 2.87. The lowest BCUT2D eigenvalue weighted by Crippen LogP contribution is -2.50. The van der Waals surface area contributed by atoms with Crippen molar-refractivity contribution in [1.29, 1.82) is 0 Å². The van der Waals surface area contributed by atoms with Crippen LogP contribution in [0.2, 0.25) is 5.02 Å². The van der Waals surface area contributed by atoms with E-state index >= 15 is 0 Å². The van der Waals surface area contributed by atoms with E-state index in [9.17, 15) is 9.59 Å². The highest BCUT2D eigenvalue weighted by molar-refractivity contribution is 6.31. The maximum atomic E-state index is 13.4. The Balaban J connectivity index is 0.00000304. The molecule has 2 atom stereocenters. The highest BCUT2D eigenvalue weighted by Gasteiger charge is 2.31. The molecule has 5 rings (SSSR count). The third kappa shape index (κ3) is 5.82. The fourth-order valence-corrected chi connectivity index (χ4v) is 6.08. The number of piperidine rings is 1. The Morgan fingerprint density at radius 3 is 2.56 bits per heavy atom. The van der Waals surface area contributed by atoms with Crippen molar-refractivity contribution < 1.29 is 9.59 Å². The third-order valence-corrected chi connectivity index (χ3v) is 8.08. The summed E-state index contributed by atoms with van der Waals surface area (Å²) in [6.07, 6.45) is 9.88. The first-order chi connectivity index (χ1) is 17.0. The lowest BCUT2D eigenvalue weighted by molar-refractivity contribution is -0.118. The van der Waals surface area contributed by atoms with Crippen LogP contribution in [0, 0.1) is 0 Å². The van der Waals surface area contributed by atoms with Crippen LogP contribution in [0.15, 0.2) is 36.4 Å². The van der Waals surface area contributed by atoms with E-state index < -0.39 is 0 Å². The number of carbonyl (C=O) groups excluding carboxylic acids is 2. The molecule has 2 aromatic carbocycles. The normalized spacial score (nSPS) is 22.4. The molecule has 3 aliphatic rings. The minimum absolute atomic E-state index is 0. The number of halogens is 2. The molecule has 36 heavy (non-hydrogen) atoms. The van der Waals surface area contributed by atoms with Gasteiger partial charge >= 0.3 is 0 Å². The molecule has 2 amide bonds. The van der Waals surface area contributed by atoms with Gasteiger partial charge < -0.3 is 15.5 Å². The number of hydrogen-bond donors (Lipinski definition) is 2. The van der Waals surface area contributed by atoms with Crippen LogP contribution in [-0.2, 0) is 11.2 Å². The molecule has 0 spiro atoms. The SMILES string of the molecule is CN1C(=O)CCc2ccc(NC(=O)c3ccc(Cl)cc3N[C@@H]3CCCC[C@H]3N3CCCCC3)cc21.Cl. The van der Waals surface area contributed by atoms with E-state index in [1.54, 1.807) is 24.1 Å². The van der Waals surface area contributed by atoms with Gasteiger partial charge in [-0.25, -0.2) is 0 Å². The van der Waals surface area contributed by atoms with E-state index in [2.05, 4.69) is 15.5 Å². The quantitative estimate of drug-likeness (QED) is 0.487. The number of hydrogen-bond acceptors (Lipinski definition) is 4. The molecule has 1 saturated carbocycles. The van der Waals surface area contributed by atoms with Crippen LogP contribution < -0.4 is 15.5 Å². The number of nitrogens with one attached hydrogen (secondary N) is 2. The Kier molecular flexibility index (Phi) is 8.81. The molecule has 0 bridgehead atoms.